The maximum absolute atomic E-state index is 12.3. The van der Waals surface area contributed by atoms with Crippen LogP contribution in [0, 0.1) is 0 Å². The minimum Gasteiger partial charge on any atom is -0.497 e. The van der Waals surface area contributed by atoms with Crippen molar-refractivity contribution in [3.05, 3.63) is 29.8 Å². The topological polar surface area (TPSA) is 62.8 Å². The zero-order valence-corrected chi connectivity index (χ0v) is 17.0. The molecule has 150 valence electrons. The minimum atomic E-state index is -0.0826. The lowest BCUT2D eigenvalue weighted by Crippen LogP contribution is -2.61. The monoisotopic (exact) mass is 393 g/mol. The number of methoxy groups -OCH3 is 1. The molecule has 1 aromatic rings. The highest BCUT2D eigenvalue weighted by Gasteiger charge is 2.39. The molecular weight excluding hydrogens is 362 g/mol. The van der Waals surface area contributed by atoms with Crippen molar-refractivity contribution in [2.24, 2.45) is 0 Å². The predicted octanol–water partition coefficient (Wildman–Crippen LogP) is 2.13. The van der Waals surface area contributed by atoms with Gasteiger partial charge in [-0.1, -0.05) is 12.1 Å². The van der Waals surface area contributed by atoms with Crippen molar-refractivity contribution in [2.45, 2.75) is 24.8 Å². The molecule has 2 heterocycles. The predicted molar refractivity (Wildman–Crippen MR) is 110 cm³/mol. The van der Waals surface area contributed by atoms with Crippen molar-refractivity contribution in [2.75, 3.05) is 58.0 Å². The Morgan fingerprint density at radius 1 is 1.19 bits per heavy atom. The number of rotatable bonds is 7. The van der Waals surface area contributed by atoms with Gasteiger partial charge in [0, 0.05) is 56.4 Å². The molecule has 2 fully saturated rings. The number of nitrogens with one attached hydrogen (secondary N) is 2. The molecule has 0 atom stereocenters. The first-order valence-corrected chi connectivity index (χ1v) is 10.9. The molecule has 3 rings (SSSR count). The molecule has 1 aromatic carbocycles. The second kappa shape index (κ2) is 10.2. The van der Waals surface area contributed by atoms with Gasteiger partial charge < -0.3 is 20.1 Å². The summed E-state index contributed by atoms with van der Waals surface area (Å²) in [6.07, 6.45) is 2.79. The van der Waals surface area contributed by atoms with Crippen molar-refractivity contribution in [1.82, 2.24) is 15.5 Å². The van der Waals surface area contributed by atoms with Crippen LogP contribution in [0.2, 0.25) is 0 Å². The molecule has 0 saturated carbocycles. The van der Waals surface area contributed by atoms with Crippen LogP contribution >= 0.6 is 11.8 Å². The van der Waals surface area contributed by atoms with Crippen molar-refractivity contribution in [3.8, 4) is 5.75 Å². The zero-order valence-electron chi connectivity index (χ0n) is 16.2. The van der Waals surface area contributed by atoms with Gasteiger partial charge in [-0.25, -0.2) is 4.79 Å². The van der Waals surface area contributed by atoms with Gasteiger partial charge in [0.25, 0.3) is 0 Å². The standard InChI is InChI=1S/C20H31N3O3S/c1-25-18-4-2-17(3-5-18)6-9-21-19(24)22-16-20(7-12-26-13-8-20)23-10-14-27-15-11-23/h2-5H,6-16H2,1H3,(H2,21,22,24). The second-order valence-corrected chi connectivity index (χ2v) is 8.37. The van der Waals surface area contributed by atoms with Crippen LogP contribution in [-0.2, 0) is 11.2 Å². The fraction of sp³-hybridized carbons (Fsp3) is 0.650. The third-order valence-corrected chi connectivity index (χ3v) is 6.48. The average molecular weight is 394 g/mol. The van der Waals surface area contributed by atoms with Crippen molar-refractivity contribution < 1.29 is 14.3 Å². The fourth-order valence-electron chi connectivity index (χ4n) is 3.81. The van der Waals surface area contributed by atoms with E-state index in [-0.39, 0.29) is 11.6 Å². The summed E-state index contributed by atoms with van der Waals surface area (Å²) in [5.74, 6) is 3.20. The van der Waals surface area contributed by atoms with E-state index >= 15 is 0 Å². The molecule has 2 N–H and O–H groups in total. The van der Waals surface area contributed by atoms with E-state index in [2.05, 4.69) is 15.5 Å². The van der Waals surface area contributed by atoms with Crippen LogP contribution in [0.4, 0.5) is 4.79 Å². The fourth-order valence-corrected chi connectivity index (χ4v) is 4.72. The summed E-state index contributed by atoms with van der Waals surface area (Å²) in [6, 6.07) is 7.87. The highest BCUT2D eigenvalue weighted by atomic mass is 32.2. The molecule has 0 aromatic heterocycles. The maximum Gasteiger partial charge on any atom is 0.314 e. The van der Waals surface area contributed by atoms with Crippen LogP contribution in [0.3, 0.4) is 0 Å². The van der Waals surface area contributed by atoms with E-state index in [0.717, 1.165) is 51.3 Å². The number of carbonyl (C=O) groups is 1. The molecule has 2 saturated heterocycles. The molecule has 0 radical (unpaired) electrons. The van der Waals surface area contributed by atoms with E-state index in [1.165, 1.54) is 17.1 Å². The van der Waals surface area contributed by atoms with E-state index < -0.39 is 0 Å². The van der Waals surface area contributed by atoms with Crippen LogP contribution in [0.25, 0.3) is 0 Å². The van der Waals surface area contributed by atoms with E-state index in [0.29, 0.717) is 13.1 Å². The number of nitrogens with zero attached hydrogens (tertiary/aromatic N) is 1. The third kappa shape index (κ3) is 5.77. The highest BCUT2D eigenvalue weighted by Crippen LogP contribution is 2.29. The normalized spacial score (nSPS) is 20.0. The number of urea groups is 1. The van der Waals surface area contributed by atoms with Crippen molar-refractivity contribution >= 4 is 17.8 Å². The lowest BCUT2D eigenvalue weighted by molar-refractivity contribution is -0.0230. The Morgan fingerprint density at radius 3 is 2.56 bits per heavy atom. The van der Waals surface area contributed by atoms with Crippen LogP contribution in [0.1, 0.15) is 18.4 Å². The molecule has 27 heavy (non-hydrogen) atoms. The summed E-state index contributed by atoms with van der Waals surface area (Å²) in [7, 11) is 1.66. The number of carbonyl (C=O) groups excluding carboxylic acids is 1. The van der Waals surface area contributed by atoms with Gasteiger partial charge in [0.1, 0.15) is 5.75 Å². The summed E-state index contributed by atoms with van der Waals surface area (Å²) < 4.78 is 10.8. The largest absolute Gasteiger partial charge is 0.497 e. The minimum absolute atomic E-state index is 0.0482. The van der Waals surface area contributed by atoms with E-state index in [1.54, 1.807) is 7.11 Å². The summed E-state index contributed by atoms with van der Waals surface area (Å²) in [5, 5.41) is 6.11. The Labute approximate surface area is 166 Å². The number of amides is 2. The van der Waals surface area contributed by atoms with Crippen LogP contribution in [0.15, 0.2) is 24.3 Å². The van der Waals surface area contributed by atoms with Crippen LogP contribution in [-0.4, -0.2) is 74.5 Å². The number of benzene rings is 1. The summed E-state index contributed by atoms with van der Waals surface area (Å²) in [4.78, 5) is 14.9. The Hall–Kier alpha value is -1.44. The number of hydrogen-bond acceptors (Lipinski definition) is 5. The van der Waals surface area contributed by atoms with Gasteiger partial charge in [0.05, 0.1) is 7.11 Å². The molecule has 0 aliphatic carbocycles. The molecule has 0 spiro atoms. The molecule has 6 nitrogen and oxygen atoms in total. The lowest BCUT2D eigenvalue weighted by atomic mass is 9.87. The lowest BCUT2D eigenvalue weighted by Gasteiger charge is -2.47. The Morgan fingerprint density at radius 2 is 1.89 bits per heavy atom. The van der Waals surface area contributed by atoms with Crippen molar-refractivity contribution in [3.63, 3.8) is 0 Å². The first kappa shape index (κ1) is 20.3. The number of thioether (sulfide) groups is 1. The second-order valence-electron chi connectivity index (χ2n) is 7.14. The Bertz CT molecular complexity index is 585. The molecule has 0 unspecified atom stereocenters. The van der Waals surface area contributed by atoms with Gasteiger partial charge in [-0.2, -0.15) is 11.8 Å². The first-order chi connectivity index (χ1) is 13.2. The Kier molecular flexibility index (Phi) is 7.67. The smallest absolute Gasteiger partial charge is 0.314 e. The highest BCUT2D eigenvalue weighted by molar-refractivity contribution is 7.99. The van der Waals surface area contributed by atoms with E-state index in [1.807, 2.05) is 36.0 Å². The van der Waals surface area contributed by atoms with Gasteiger partial charge >= 0.3 is 6.03 Å². The maximum atomic E-state index is 12.3. The first-order valence-electron chi connectivity index (χ1n) is 9.77. The third-order valence-electron chi connectivity index (χ3n) is 5.54. The molecule has 7 heteroatoms. The van der Waals surface area contributed by atoms with Crippen LogP contribution < -0.4 is 15.4 Å². The number of hydrogen-bond donors (Lipinski definition) is 2. The van der Waals surface area contributed by atoms with Crippen LogP contribution in [0.5, 0.6) is 5.75 Å². The molecule has 2 amide bonds. The molecule has 2 aliphatic heterocycles. The van der Waals surface area contributed by atoms with Gasteiger partial charge in [-0.3, -0.25) is 4.90 Å². The van der Waals surface area contributed by atoms with Gasteiger partial charge in [0.15, 0.2) is 0 Å². The zero-order chi connectivity index (χ0) is 19.0. The van der Waals surface area contributed by atoms with E-state index in [9.17, 15) is 4.79 Å². The summed E-state index contributed by atoms with van der Waals surface area (Å²) in [6.45, 7) is 5.08. The van der Waals surface area contributed by atoms with Gasteiger partial charge in [-0.05, 0) is 37.0 Å². The number of ether oxygens (including phenoxy) is 2. The molecule has 0 bridgehead atoms. The quantitative estimate of drug-likeness (QED) is 0.743. The Balaban J connectivity index is 1.44. The van der Waals surface area contributed by atoms with Gasteiger partial charge in [-0.15, -0.1) is 0 Å². The SMILES string of the molecule is COc1ccc(CCNC(=O)NCC2(N3CCSCC3)CCOCC2)cc1. The van der Waals surface area contributed by atoms with E-state index in [4.69, 9.17) is 9.47 Å². The molecular formula is C20H31N3O3S. The van der Waals surface area contributed by atoms with Gasteiger partial charge in [0.2, 0.25) is 0 Å². The summed E-state index contributed by atoms with van der Waals surface area (Å²) in [5.41, 5.74) is 1.23. The van der Waals surface area contributed by atoms with Crippen molar-refractivity contribution in [1.29, 1.82) is 0 Å². The average Bonchev–Trinajstić information content (AvgIpc) is 2.74. The molecule has 2 aliphatic rings. The summed E-state index contributed by atoms with van der Waals surface area (Å²) >= 11 is 2.02.